The molecule has 2 amide bonds. The number of rotatable bonds is 5. The number of benzene rings is 1. The third kappa shape index (κ3) is 5.52. The average molecular weight is 340 g/mol. The van der Waals surface area contributed by atoms with Crippen LogP contribution in [0.1, 0.15) is 38.7 Å². The van der Waals surface area contributed by atoms with Gasteiger partial charge in [-0.25, -0.2) is 0 Å². The van der Waals surface area contributed by atoms with Crippen LogP contribution in [0.4, 0.5) is 5.69 Å². The predicted octanol–water partition coefficient (Wildman–Crippen LogP) is 2.45. The Hall–Kier alpha value is -1.59. The number of nitrogens with two attached hydrogens (primary N) is 1. The van der Waals surface area contributed by atoms with Crippen molar-refractivity contribution in [3.63, 3.8) is 0 Å². The summed E-state index contributed by atoms with van der Waals surface area (Å²) < 4.78 is 0. The van der Waals surface area contributed by atoms with Gasteiger partial charge in [0.1, 0.15) is 0 Å². The van der Waals surface area contributed by atoms with Crippen molar-refractivity contribution in [1.29, 1.82) is 0 Å². The molecule has 1 saturated carbocycles. The molecule has 0 aliphatic heterocycles. The number of carbonyl (C=O) groups is 2. The van der Waals surface area contributed by atoms with E-state index < -0.39 is 0 Å². The molecular formula is C17H26ClN3O2. The smallest absolute Gasteiger partial charge is 0.226 e. The van der Waals surface area contributed by atoms with Gasteiger partial charge in [0.2, 0.25) is 11.8 Å². The van der Waals surface area contributed by atoms with Gasteiger partial charge < -0.3 is 16.4 Å². The van der Waals surface area contributed by atoms with Gasteiger partial charge in [0.05, 0.1) is 5.92 Å². The molecule has 1 aromatic rings. The zero-order valence-electron chi connectivity index (χ0n) is 13.7. The first-order valence-electron chi connectivity index (χ1n) is 7.90. The third-order valence-electron chi connectivity index (χ3n) is 4.12. The molecule has 0 saturated heterocycles. The van der Waals surface area contributed by atoms with Crippen molar-refractivity contribution in [2.75, 3.05) is 5.32 Å². The molecule has 2 rings (SSSR count). The minimum atomic E-state index is -0.0513. The molecule has 5 nitrogen and oxygen atoms in total. The first-order valence-corrected chi connectivity index (χ1v) is 7.90. The van der Waals surface area contributed by atoms with Crippen LogP contribution in [0.2, 0.25) is 0 Å². The van der Waals surface area contributed by atoms with E-state index >= 15 is 0 Å². The van der Waals surface area contributed by atoms with Crippen LogP contribution in [0, 0.1) is 11.8 Å². The standard InChI is InChI=1S/C17H25N3O2.ClH/c1-11(2)16(21)20-13-8-6-12(7-9-13)10-19-17(22)14-4-3-5-15(14)18;/h6-9,11,14-15H,3-5,10,18H2,1-2H3,(H,19,22)(H,20,21);1H. The molecule has 1 aliphatic carbocycles. The van der Waals surface area contributed by atoms with Gasteiger partial charge in [-0.3, -0.25) is 9.59 Å². The van der Waals surface area contributed by atoms with Crippen molar-refractivity contribution in [1.82, 2.24) is 5.32 Å². The quantitative estimate of drug-likeness (QED) is 0.770. The summed E-state index contributed by atoms with van der Waals surface area (Å²) in [7, 11) is 0. The normalized spacial score (nSPS) is 20.0. The van der Waals surface area contributed by atoms with Crippen LogP contribution in [0.25, 0.3) is 0 Å². The fraction of sp³-hybridized carbons (Fsp3) is 0.529. The van der Waals surface area contributed by atoms with Crippen molar-refractivity contribution < 1.29 is 9.59 Å². The Bertz CT molecular complexity index is 531. The minimum absolute atomic E-state index is 0. The summed E-state index contributed by atoms with van der Waals surface area (Å²) in [4.78, 5) is 23.7. The molecule has 128 valence electrons. The maximum absolute atomic E-state index is 12.1. The summed E-state index contributed by atoms with van der Waals surface area (Å²) >= 11 is 0. The Morgan fingerprint density at radius 1 is 1.22 bits per heavy atom. The molecular weight excluding hydrogens is 314 g/mol. The molecule has 0 spiro atoms. The lowest BCUT2D eigenvalue weighted by Gasteiger charge is -2.15. The maximum atomic E-state index is 12.1. The van der Waals surface area contributed by atoms with Gasteiger partial charge in [-0.15, -0.1) is 12.4 Å². The van der Waals surface area contributed by atoms with Crippen LogP contribution < -0.4 is 16.4 Å². The SMILES string of the molecule is CC(C)C(=O)Nc1ccc(CNC(=O)C2CCCC2N)cc1.Cl. The second-order valence-corrected chi connectivity index (χ2v) is 6.26. The second-order valence-electron chi connectivity index (χ2n) is 6.26. The summed E-state index contributed by atoms with van der Waals surface area (Å²) in [5.41, 5.74) is 7.71. The van der Waals surface area contributed by atoms with Crippen molar-refractivity contribution in [2.24, 2.45) is 17.6 Å². The number of halogens is 1. The molecule has 2 atom stereocenters. The van der Waals surface area contributed by atoms with Crippen LogP contribution >= 0.6 is 12.4 Å². The largest absolute Gasteiger partial charge is 0.352 e. The molecule has 6 heteroatoms. The number of nitrogens with one attached hydrogen (secondary N) is 2. The van der Waals surface area contributed by atoms with E-state index in [1.807, 2.05) is 38.1 Å². The highest BCUT2D eigenvalue weighted by molar-refractivity contribution is 5.92. The lowest BCUT2D eigenvalue weighted by Crippen LogP contribution is -2.38. The van der Waals surface area contributed by atoms with Crippen molar-refractivity contribution >= 4 is 29.9 Å². The van der Waals surface area contributed by atoms with Gasteiger partial charge >= 0.3 is 0 Å². The van der Waals surface area contributed by atoms with Gasteiger partial charge in [0.25, 0.3) is 0 Å². The first-order chi connectivity index (χ1) is 10.5. The van der Waals surface area contributed by atoms with Crippen LogP contribution in [-0.4, -0.2) is 17.9 Å². The third-order valence-corrected chi connectivity index (χ3v) is 4.12. The number of hydrogen-bond donors (Lipinski definition) is 3. The fourth-order valence-corrected chi connectivity index (χ4v) is 2.63. The Labute approximate surface area is 143 Å². The number of amides is 2. The number of hydrogen-bond acceptors (Lipinski definition) is 3. The van der Waals surface area contributed by atoms with E-state index in [4.69, 9.17) is 5.73 Å². The average Bonchev–Trinajstić information content (AvgIpc) is 2.92. The summed E-state index contributed by atoms with van der Waals surface area (Å²) in [5.74, 6) is -0.0577. The number of anilines is 1. The van der Waals surface area contributed by atoms with E-state index in [1.54, 1.807) is 0 Å². The molecule has 4 N–H and O–H groups in total. The van der Waals surface area contributed by atoms with E-state index in [9.17, 15) is 9.59 Å². The van der Waals surface area contributed by atoms with Gasteiger partial charge in [-0.1, -0.05) is 32.4 Å². The summed E-state index contributed by atoms with van der Waals surface area (Å²) in [6.07, 6.45) is 2.85. The maximum Gasteiger partial charge on any atom is 0.226 e. The highest BCUT2D eigenvalue weighted by Crippen LogP contribution is 2.24. The molecule has 0 bridgehead atoms. The molecule has 0 radical (unpaired) electrons. The minimum Gasteiger partial charge on any atom is -0.352 e. The lowest BCUT2D eigenvalue weighted by atomic mass is 10.0. The lowest BCUT2D eigenvalue weighted by molar-refractivity contribution is -0.125. The van der Waals surface area contributed by atoms with Gasteiger partial charge in [-0.2, -0.15) is 0 Å². The Morgan fingerprint density at radius 2 is 1.87 bits per heavy atom. The molecule has 0 heterocycles. The van der Waals surface area contributed by atoms with Crippen molar-refractivity contribution in [3.05, 3.63) is 29.8 Å². The molecule has 0 aromatic heterocycles. The fourth-order valence-electron chi connectivity index (χ4n) is 2.63. The predicted molar refractivity (Wildman–Crippen MR) is 94.3 cm³/mol. The second kappa shape index (κ2) is 8.89. The van der Waals surface area contributed by atoms with Crippen LogP contribution in [0.15, 0.2) is 24.3 Å². The zero-order valence-corrected chi connectivity index (χ0v) is 14.5. The van der Waals surface area contributed by atoms with Gasteiger partial charge in [-0.05, 0) is 30.5 Å². The number of carbonyl (C=O) groups excluding carboxylic acids is 2. The summed E-state index contributed by atoms with van der Waals surface area (Å²) in [6, 6.07) is 7.51. The van der Waals surface area contributed by atoms with Crippen LogP contribution in [-0.2, 0) is 16.1 Å². The highest BCUT2D eigenvalue weighted by Gasteiger charge is 2.29. The van der Waals surface area contributed by atoms with Crippen LogP contribution in [0.5, 0.6) is 0 Å². The Balaban J connectivity index is 0.00000264. The molecule has 1 aromatic carbocycles. The van der Waals surface area contributed by atoms with Crippen molar-refractivity contribution in [2.45, 2.75) is 45.7 Å². The summed E-state index contributed by atoms with van der Waals surface area (Å²) in [5, 5.41) is 5.78. The monoisotopic (exact) mass is 339 g/mol. The Morgan fingerprint density at radius 3 is 2.39 bits per heavy atom. The molecule has 2 unspecified atom stereocenters. The first kappa shape index (κ1) is 19.5. The van der Waals surface area contributed by atoms with Gasteiger partial charge in [0, 0.05) is 24.2 Å². The summed E-state index contributed by atoms with van der Waals surface area (Å²) in [6.45, 7) is 4.19. The Kier molecular flexibility index (Phi) is 7.52. The van der Waals surface area contributed by atoms with E-state index in [0.717, 1.165) is 30.5 Å². The van der Waals surface area contributed by atoms with E-state index in [2.05, 4.69) is 10.6 Å². The molecule has 23 heavy (non-hydrogen) atoms. The zero-order chi connectivity index (χ0) is 16.1. The topological polar surface area (TPSA) is 84.2 Å². The van der Waals surface area contributed by atoms with Crippen LogP contribution in [0.3, 0.4) is 0 Å². The molecule has 1 fully saturated rings. The van der Waals surface area contributed by atoms with E-state index in [-0.39, 0.29) is 42.1 Å². The molecule has 1 aliphatic rings. The van der Waals surface area contributed by atoms with Gasteiger partial charge in [0.15, 0.2) is 0 Å². The van der Waals surface area contributed by atoms with E-state index in [0.29, 0.717) is 6.54 Å². The highest BCUT2D eigenvalue weighted by atomic mass is 35.5. The van der Waals surface area contributed by atoms with Crippen molar-refractivity contribution in [3.8, 4) is 0 Å². The van der Waals surface area contributed by atoms with E-state index in [1.165, 1.54) is 0 Å².